The maximum absolute atomic E-state index is 12.4. The van der Waals surface area contributed by atoms with Crippen molar-refractivity contribution in [2.45, 2.75) is 0 Å². The van der Waals surface area contributed by atoms with E-state index in [1.165, 1.54) is 12.1 Å². The predicted octanol–water partition coefficient (Wildman–Crippen LogP) is 3.40. The second-order valence-corrected chi connectivity index (χ2v) is 6.55. The van der Waals surface area contributed by atoms with E-state index in [-0.39, 0.29) is 9.88 Å². The molecular formula is C15H14ClN3O4S. The van der Waals surface area contributed by atoms with Crippen LogP contribution >= 0.6 is 22.9 Å². The van der Waals surface area contributed by atoms with Gasteiger partial charge in [-0.25, -0.2) is 0 Å². The number of amides is 1. The molecular weight excluding hydrogens is 354 g/mol. The summed E-state index contributed by atoms with van der Waals surface area (Å²) in [6.45, 7) is 2.54. The molecule has 9 heteroatoms. The maximum Gasteiger partial charge on any atom is 0.324 e. The highest BCUT2D eigenvalue weighted by atomic mass is 35.5. The molecule has 24 heavy (non-hydrogen) atoms. The molecule has 1 aromatic heterocycles. The Bertz CT molecular complexity index is 774. The first-order chi connectivity index (χ1) is 11.6. The smallest absolute Gasteiger partial charge is 0.324 e. The number of ether oxygens (including phenoxy) is 1. The zero-order valence-electron chi connectivity index (χ0n) is 12.5. The SMILES string of the molecule is O=C(Nc1cccc(Cl)c1N1CCOCC1)c1ccc([N+](=O)[O-])s1. The number of carbonyl (C=O) groups excluding carboxylic acids is 1. The standard InChI is InChI=1S/C15H14ClN3O4S/c16-10-2-1-3-11(14(10)18-6-8-23-9-7-18)17-15(20)12-4-5-13(24-12)19(21)22/h1-5H,6-9H2,(H,17,20). The number of nitrogens with zero attached hydrogens (tertiary/aromatic N) is 2. The van der Waals surface area contributed by atoms with E-state index in [9.17, 15) is 14.9 Å². The molecule has 0 unspecified atom stereocenters. The van der Waals surface area contributed by atoms with Gasteiger partial charge in [-0.2, -0.15) is 0 Å². The minimum absolute atomic E-state index is 0.0698. The molecule has 0 saturated carbocycles. The summed E-state index contributed by atoms with van der Waals surface area (Å²) in [4.78, 5) is 24.9. The number of morpholine rings is 1. The Balaban J connectivity index is 1.84. The third kappa shape index (κ3) is 3.50. The monoisotopic (exact) mass is 367 g/mol. The number of para-hydroxylation sites is 1. The van der Waals surface area contributed by atoms with E-state index in [0.717, 1.165) is 17.0 Å². The molecule has 1 aliphatic rings. The third-order valence-corrected chi connectivity index (χ3v) is 4.90. The van der Waals surface area contributed by atoms with Crippen LogP contribution in [0.25, 0.3) is 0 Å². The quantitative estimate of drug-likeness (QED) is 0.661. The highest BCUT2D eigenvalue weighted by Gasteiger charge is 2.21. The fourth-order valence-electron chi connectivity index (χ4n) is 2.46. The minimum atomic E-state index is -0.514. The van der Waals surface area contributed by atoms with Crippen LogP contribution in [0.1, 0.15) is 9.67 Å². The van der Waals surface area contributed by atoms with Crippen LogP contribution in [0.4, 0.5) is 16.4 Å². The third-order valence-electron chi connectivity index (χ3n) is 3.56. The predicted molar refractivity (Wildman–Crippen MR) is 93.4 cm³/mol. The van der Waals surface area contributed by atoms with Crippen LogP contribution in [0.5, 0.6) is 0 Å². The van der Waals surface area contributed by atoms with Crippen molar-refractivity contribution in [1.29, 1.82) is 0 Å². The van der Waals surface area contributed by atoms with E-state index in [0.29, 0.717) is 37.0 Å². The lowest BCUT2D eigenvalue weighted by Gasteiger charge is -2.31. The fourth-order valence-corrected chi connectivity index (χ4v) is 3.47. The van der Waals surface area contributed by atoms with E-state index in [1.807, 2.05) is 0 Å². The molecule has 1 aliphatic heterocycles. The Morgan fingerprint density at radius 1 is 1.29 bits per heavy atom. The first-order valence-corrected chi connectivity index (χ1v) is 8.42. The number of hydrogen-bond donors (Lipinski definition) is 1. The number of halogens is 1. The Kier molecular flexibility index (Phi) is 4.98. The summed E-state index contributed by atoms with van der Waals surface area (Å²) in [5.41, 5.74) is 1.31. The van der Waals surface area contributed by atoms with Gasteiger partial charge in [0.25, 0.3) is 5.91 Å². The molecule has 3 rings (SSSR count). The zero-order chi connectivity index (χ0) is 17.1. The van der Waals surface area contributed by atoms with Crippen molar-refractivity contribution in [3.05, 3.63) is 50.3 Å². The topological polar surface area (TPSA) is 84.7 Å². The van der Waals surface area contributed by atoms with Crippen LogP contribution in [-0.4, -0.2) is 37.1 Å². The molecule has 1 amide bonds. The number of benzene rings is 1. The molecule has 1 N–H and O–H groups in total. The average molecular weight is 368 g/mol. The van der Waals surface area contributed by atoms with Crippen LogP contribution in [0, 0.1) is 10.1 Å². The number of thiophene rings is 1. The number of hydrogen-bond acceptors (Lipinski definition) is 6. The molecule has 0 radical (unpaired) electrons. The number of rotatable bonds is 4. The summed E-state index contributed by atoms with van der Waals surface area (Å²) >= 11 is 7.15. The van der Waals surface area contributed by atoms with Gasteiger partial charge in [0.1, 0.15) is 0 Å². The van der Waals surface area contributed by atoms with Gasteiger partial charge in [0.15, 0.2) is 0 Å². The molecule has 1 saturated heterocycles. The van der Waals surface area contributed by atoms with Gasteiger partial charge < -0.3 is 15.0 Å². The molecule has 0 atom stereocenters. The lowest BCUT2D eigenvalue weighted by atomic mass is 10.2. The van der Waals surface area contributed by atoms with Crippen molar-refractivity contribution >= 4 is 45.2 Å². The van der Waals surface area contributed by atoms with E-state index in [4.69, 9.17) is 16.3 Å². The van der Waals surface area contributed by atoms with Crippen LogP contribution in [0.2, 0.25) is 5.02 Å². The molecule has 0 bridgehead atoms. The number of nitro groups is 1. The van der Waals surface area contributed by atoms with Crippen LogP contribution in [0.3, 0.4) is 0 Å². The van der Waals surface area contributed by atoms with Gasteiger partial charge in [0.05, 0.1) is 39.4 Å². The van der Waals surface area contributed by atoms with Crippen molar-refractivity contribution in [3.63, 3.8) is 0 Å². The van der Waals surface area contributed by atoms with Gasteiger partial charge in [-0.05, 0) is 18.2 Å². The average Bonchev–Trinajstić information content (AvgIpc) is 3.06. The van der Waals surface area contributed by atoms with E-state index < -0.39 is 10.8 Å². The van der Waals surface area contributed by atoms with Crippen molar-refractivity contribution in [3.8, 4) is 0 Å². The highest BCUT2D eigenvalue weighted by Crippen LogP contribution is 2.35. The Hall–Kier alpha value is -2.16. The van der Waals surface area contributed by atoms with Gasteiger partial charge in [-0.1, -0.05) is 29.0 Å². The molecule has 7 nitrogen and oxygen atoms in total. The summed E-state index contributed by atoms with van der Waals surface area (Å²) in [5, 5.41) is 14.0. The van der Waals surface area contributed by atoms with Crippen molar-refractivity contribution in [1.82, 2.24) is 0 Å². The van der Waals surface area contributed by atoms with Crippen molar-refractivity contribution < 1.29 is 14.5 Å². The number of nitrogens with one attached hydrogen (secondary N) is 1. The largest absolute Gasteiger partial charge is 0.378 e. The molecule has 0 spiro atoms. The Morgan fingerprint density at radius 3 is 2.71 bits per heavy atom. The Labute approximate surface area is 146 Å². The summed E-state index contributed by atoms with van der Waals surface area (Å²) in [6, 6.07) is 8.03. The summed E-state index contributed by atoms with van der Waals surface area (Å²) in [6.07, 6.45) is 0. The van der Waals surface area contributed by atoms with Crippen molar-refractivity contribution in [2.24, 2.45) is 0 Å². The van der Waals surface area contributed by atoms with Crippen LogP contribution in [0.15, 0.2) is 30.3 Å². The zero-order valence-corrected chi connectivity index (χ0v) is 14.1. The number of carbonyl (C=O) groups is 1. The van der Waals surface area contributed by atoms with Gasteiger partial charge in [-0.15, -0.1) is 0 Å². The van der Waals surface area contributed by atoms with Crippen LogP contribution in [-0.2, 0) is 4.74 Å². The van der Waals surface area contributed by atoms with Crippen LogP contribution < -0.4 is 10.2 Å². The lowest BCUT2D eigenvalue weighted by molar-refractivity contribution is -0.380. The fraction of sp³-hybridized carbons (Fsp3) is 0.267. The van der Waals surface area contributed by atoms with E-state index in [1.54, 1.807) is 18.2 Å². The van der Waals surface area contributed by atoms with Gasteiger partial charge in [0, 0.05) is 19.2 Å². The molecule has 1 aromatic carbocycles. The van der Waals surface area contributed by atoms with E-state index >= 15 is 0 Å². The number of anilines is 2. The highest BCUT2D eigenvalue weighted by molar-refractivity contribution is 7.17. The molecule has 1 fully saturated rings. The minimum Gasteiger partial charge on any atom is -0.378 e. The normalized spacial score (nSPS) is 14.5. The van der Waals surface area contributed by atoms with Crippen molar-refractivity contribution in [2.75, 3.05) is 36.5 Å². The molecule has 2 aromatic rings. The first kappa shape index (κ1) is 16.7. The molecule has 126 valence electrons. The molecule has 0 aliphatic carbocycles. The lowest BCUT2D eigenvalue weighted by Crippen LogP contribution is -2.37. The Morgan fingerprint density at radius 2 is 2.04 bits per heavy atom. The van der Waals surface area contributed by atoms with Gasteiger partial charge >= 0.3 is 5.00 Å². The van der Waals surface area contributed by atoms with E-state index in [2.05, 4.69) is 10.2 Å². The summed E-state index contributed by atoms with van der Waals surface area (Å²) < 4.78 is 5.34. The second-order valence-electron chi connectivity index (χ2n) is 5.08. The summed E-state index contributed by atoms with van der Waals surface area (Å²) in [7, 11) is 0. The summed E-state index contributed by atoms with van der Waals surface area (Å²) in [5.74, 6) is -0.398. The van der Waals surface area contributed by atoms with Gasteiger partial charge in [0.2, 0.25) is 0 Å². The first-order valence-electron chi connectivity index (χ1n) is 7.23. The molecule has 2 heterocycles. The second kappa shape index (κ2) is 7.16. The maximum atomic E-state index is 12.4. The van der Waals surface area contributed by atoms with Gasteiger partial charge in [-0.3, -0.25) is 14.9 Å².